The molecule has 13 heteroatoms. The molecule has 0 spiro atoms. The Morgan fingerprint density at radius 1 is 0.655 bits per heavy atom. The van der Waals surface area contributed by atoms with Gasteiger partial charge in [0.05, 0.1) is 24.3 Å². The van der Waals surface area contributed by atoms with E-state index in [0.29, 0.717) is 34.4 Å². The van der Waals surface area contributed by atoms with Crippen LogP contribution in [-0.2, 0) is 18.9 Å². The lowest BCUT2D eigenvalue weighted by molar-refractivity contribution is 0.0517. The summed E-state index contributed by atoms with van der Waals surface area (Å²) in [5.74, 6) is -1.20. The number of carbonyl (C=O) groups is 4. The van der Waals surface area contributed by atoms with Crippen LogP contribution in [-0.4, -0.2) is 57.7 Å². The average molecular weight is 836 g/mol. The van der Waals surface area contributed by atoms with Crippen molar-refractivity contribution in [1.82, 2.24) is 9.13 Å². The molecule has 0 unspecified atom stereocenters. The number of esters is 2. The molecule has 3 aromatic carbocycles. The molecule has 0 bridgehead atoms. The Hall–Kier alpha value is -5.14. The molecular formula is C42H44BrFN2O8S. The van der Waals surface area contributed by atoms with Gasteiger partial charge in [0, 0.05) is 50.2 Å². The van der Waals surface area contributed by atoms with Crippen molar-refractivity contribution in [2.75, 3.05) is 13.2 Å². The third-order valence-electron chi connectivity index (χ3n) is 7.21. The Labute approximate surface area is 333 Å². The van der Waals surface area contributed by atoms with Gasteiger partial charge in [-0.3, -0.25) is 9.13 Å². The van der Waals surface area contributed by atoms with E-state index >= 15 is 0 Å². The Balaban J connectivity index is 0.000000253. The first-order valence-electron chi connectivity index (χ1n) is 17.4. The highest BCUT2D eigenvalue weighted by Gasteiger charge is 2.22. The van der Waals surface area contributed by atoms with Crippen LogP contribution in [0, 0.1) is 5.82 Å². The van der Waals surface area contributed by atoms with Gasteiger partial charge in [-0.15, -0.1) is 0 Å². The van der Waals surface area contributed by atoms with Crippen molar-refractivity contribution in [3.63, 3.8) is 0 Å². The molecule has 0 saturated heterocycles. The molecule has 0 amide bonds. The minimum Gasteiger partial charge on any atom is -0.462 e. The first-order valence-corrected chi connectivity index (χ1v) is 19.0. The Bertz CT molecular complexity index is 2160. The third-order valence-corrected chi connectivity index (χ3v) is 8.68. The van der Waals surface area contributed by atoms with Crippen LogP contribution in [0.5, 0.6) is 0 Å². The quantitative estimate of drug-likeness (QED) is 0.111. The van der Waals surface area contributed by atoms with E-state index in [1.165, 1.54) is 33.0 Å². The van der Waals surface area contributed by atoms with Crippen molar-refractivity contribution >= 4 is 51.8 Å². The summed E-state index contributed by atoms with van der Waals surface area (Å²) in [7, 11) is 0. The van der Waals surface area contributed by atoms with Crippen LogP contribution in [0.15, 0.2) is 112 Å². The van der Waals surface area contributed by atoms with Gasteiger partial charge in [-0.1, -0.05) is 45.9 Å². The van der Waals surface area contributed by atoms with E-state index in [1.807, 2.05) is 39.0 Å². The molecule has 0 saturated carbocycles. The van der Waals surface area contributed by atoms with Gasteiger partial charge in [0.15, 0.2) is 0 Å². The van der Waals surface area contributed by atoms with Crippen LogP contribution in [0.25, 0.3) is 22.3 Å². The topological polar surface area (TPSA) is 115 Å². The average Bonchev–Trinajstić information content (AvgIpc) is 3.79. The van der Waals surface area contributed by atoms with Gasteiger partial charge >= 0.3 is 24.1 Å². The highest BCUT2D eigenvalue weighted by molar-refractivity contribution is 9.10. The fourth-order valence-electron chi connectivity index (χ4n) is 5.00. The highest BCUT2D eigenvalue weighted by Crippen LogP contribution is 2.34. The molecule has 0 aliphatic carbocycles. The first-order chi connectivity index (χ1) is 25.9. The molecule has 10 nitrogen and oxygen atoms in total. The number of benzene rings is 3. The van der Waals surface area contributed by atoms with Gasteiger partial charge in [0.2, 0.25) is 0 Å². The molecule has 0 N–H and O–H groups in total. The lowest BCUT2D eigenvalue weighted by atomic mass is 10.0. The van der Waals surface area contributed by atoms with Gasteiger partial charge in [0.1, 0.15) is 17.0 Å². The smallest absolute Gasteiger partial charge is 0.418 e. The van der Waals surface area contributed by atoms with Gasteiger partial charge in [0.25, 0.3) is 0 Å². The van der Waals surface area contributed by atoms with E-state index in [9.17, 15) is 23.6 Å². The third kappa shape index (κ3) is 12.4. The molecule has 2 aromatic heterocycles. The summed E-state index contributed by atoms with van der Waals surface area (Å²) >= 11 is 4.71. The van der Waals surface area contributed by atoms with E-state index in [2.05, 4.69) is 15.9 Å². The van der Waals surface area contributed by atoms with Gasteiger partial charge in [-0.2, -0.15) is 0 Å². The van der Waals surface area contributed by atoms with Crippen molar-refractivity contribution in [2.45, 2.75) is 76.4 Å². The van der Waals surface area contributed by atoms with Crippen LogP contribution in [0.2, 0.25) is 0 Å². The number of nitrogens with zero attached hydrogens (tertiary/aromatic N) is 2. The van der Waals surface area contributed by atoms with Crippen molar-refractivity contribution in [3.8, 4) is 22.3 Å². The molecular weight excluding hydrogens is 791 g/mol. The van der Waals surface area contributed by atoms with Crippen LogP contribution >= 0.6 is 27.7 Å². The van der Waals surface area contributed by atoms with E-state index in [-0.39, 0.29) is 12.4 Å². The maximum atomic E-state index is 13.5. The molecule has 0 aliphatic heterocycles. The van der Waals surface area contributed by atoms with E-state index < -0.39 is 35.3 Å². The van der Waals surface area contributed by atoms with Crippen LogP contribution < -0.4 is 0 Å². The van der Waals surface area contributed by atoms with Crippen molar-refractivity contribution in [1.29, 1.82) is 0 Å². The monoisotopic (exact) mass is 834 g/mol. The molecule has 0 aliphatic rings. The molecule has 290 valence electrons. The number of rotatable bonds is 8. The zero-order valence-electron chi connectivity index (χ0n) is 32.0. The summed E-state index contributed by atoms with van der Waals surface area (Å²) < 4.78 is 38.0. The predicted molar refractivity (Wildman–Crippen MR) is 213 cm³/mol. The zero-order valence-corrected chi connectivity index (χ0v) is 34.4. The number of hydrogen-bond acceptors (Lipinski definition) is 9. The fraction of sp³-hybridized carbons (Fsp3) is 0.286. The lowest BCUT2D eigenvalue weighted by Crippen LogP contribution is -2.26. The molecule has 0 atom stereocenters. The van der Waals surface area contributed by atoms with Crippen molar-refractivity contribution < 1.29 is 42.5 Å². The highest BCUT2D eigenvalue weighted by atomic mass is 79.9. The Morgan fingerprint density at radius 3 is 1.60 bits per heavy atom. The number of carbonyl (C=O) groups excluding carboxylic acids is 4. The molecule has 0 radical (unpaired) electrons. The number of ether oxygens (including phenoxy) is 4. The maximum Gasteiger partial charge on any atom is 0.418 e. The SMILES string of the molecule is CCOC(=O)c1cc(Br)ccc1-c1ccn(C(=O)OC(C)(C)C)c1.CCOC(=O)c1cc(Sc2cccc(F)c2)ccc1-c1ccn(C(=O)OC(C)(C)C)c1. The lowest BCUT2D eigenvalue weighted by Gasteiger charge is -2.19. The normalized spacial score (nSPS) is 11.2. The largest absolute Gasteiger partial charge is 0.462 e. The summed E-state index contributed by atoms with van der Waals surface area (Å²) in [6.07, 6.45) is 5.48. The Kier molecular flexibility index (Phi) is 14.3. The standard InChI is InChI=1S/C24H24FNO4S.C18H20BrNO4/c1-5-29-22(27)21-14-19(31-18-8-6-7-17(25)13-18)9-10-20(21)16-11-12-26(15-16)23(28)30-24(2,3)4;1-5-23-16(21)15-10-13(19)6-7-14(15)12-8-9-20(11-12)17(22)24-18(2,3)4/h6-15H,5H2,1-4H3;6-11H,5H2,1-4H3. The molecule has 55 heavy (non-hydrogen) atoms. The number of halogens is 2. The Morgan fingerprint density at radius 2 is 1.13 bits per heavy atom. The summed E-state index contributed by atoms with van der Waals surface area (Å²) in [4.78, 5) is 50.8. The minimum absolute atomic E-state index is 0.235. The number of hydrogen-bond donors (Lipinski definition) is 0. The van der Waals surface area contributed by atoms with Gasteiger partial charge < -0.3 is 18.9 Å². The van der Waals surface area contributed by atoms with Crippen LogP contribution in [0.4, 0.5) is 14.0 Å². The molecule has 5 rings (SSSR count). The zero-order chi connectivity index (χ0) is 40.5. The van der Waals surface area contributed by atoms with E-state index in [0.717, 1.165) is 19.8 Å². The van der Waals surface area contributed by atoms with E-state index in [1.54, 1.807) is 102 Å². The summed E-state index contributed by atoms with van der Waals surface area (Å²) in [5, 5.41) is 0. The second kappa shape index (κ2) is 18.5. The summed E-state index contributed by atoms with van der Waals surface area (Å²) in [6.45, 7) is 14.8. The van der Waals surface area contributed by atoms with Crippen LogP contribution in [0.3, 0.4) is 0 Å². The maximum absolute atomic E-state index is 13.5. The molecule has 2 heterocycles. The van der Waals surface area contributed by atoms with Gasteiger partial charge in [-0.05, 0) is 121 Å². The second-order valence-electron chi connectivity index (χ2n) is 14.0. The molecule has 5 aromatic rings. The van der Waals surface area contributed by atoms with Gasteiger partial charge in [-0.25, -0.2) is 23.6 Å². The molecule has 0 fully saturated rings. The predicted octanol–water partition coefficient (Wildman–Crippen LogP) is 11.3. The van der Waals surface area contributed by atoms with Crippen molar-refractivity contribution in [3.05, 3.63) is 119 Å². The minimum atomic E-state index is -0.618. The fourth-order valence-corrected chi connectivity index (χ4v) is 6.26. The second-order valence-corrected chi connectivity index (χ2v) is 16.0. The van der Waals surface area contributed by atoms with E-state index in [4.69, 9.17) is 18.9 Å². The summed E-state index contributed by atoms with van der Waals surface area (Å²) in [5.41, 5.74) is 2.34. The van der Waals surface area contributed by atoms with Crippen molar-refractivity contribution in [2.24, 2.45) is 0 Å². The first kappa shape index (κ1) is 42.6. The summed E-state index contributed by atoms with van der Waals surface area (Å²) in [6, 6.07) is 20.5. The van der Waals surface area contributed by atoms with Crippen LogP contribution in [0.1, 0.15) is 76.1 Å². The number of aromatic nitrogens is 2.